The molecule has 1 spiro atoms. The van der Waals surface area contributed by atoms with Gasteiger partial charge in [-0.25, -0.2) is 9.37 Å². The van der Waals surface area contributed by atoms with Crippen LogP contribution in [-0.4, -0.2) is 87.4 Å². The number of fused-ring (bicyclic) bond motifs is 1. The second-order valence-corrected chi connectivity index (χ2v) is 14.9. The Morgan fingerprint density at radius 2 is 1.98 bits per heavy atom. The van der Waals surface area contributed by atoms with E-state index in [1.165, 1.54) is 6.07 Å². The summed E-state index contributed by atoms with van der Waals surface area (Å²) in [6.45, 7) is 8.58. The zero-order valence-electron chi connectivity index (χ0n) is 26.8. The van der Waals surface area contributed by atoms with Crippen LogP contribution in [0.3, 0.4) is 0 Å². The number of ether oxygens (including phenoxy) is 1. The average Bonchev–Trinajstić information content (AvgIpc) is 3.68. The number of phenols is 1. The number of morpholine rings is 1. The lowest BCUT2D eigenvalue weighted by Crippen LogP contribution is -2.58. The number of rotatable bonds is 11. The van der Waals surface area contributed by atoms with Crippen LogP contribution < -0.4 is 10.2 Å². The van der Waals surface area contributed by atoms with E-state index >= 15 is 4.39 Å². The van der Waals surface area contributed by atoms with Gasteiger partial charge in [-0.2, -0.15) is 0 Å². The maximum Gasteiger partial charge on any atom is 0.305 e. The van der Waals surface area contributed by atoms with Crippen LogP contribution in [0, 0.1) is 11.7 Å². The van der Waals surface area contributed by atoms with E-state index in [1.807, 2.05) is 22.4 Å². The Labute approximate surface area is 281 Å². The molecule has 0 radical (unpaired) electrons. The van der Waals surface area contributed by atoms with Crippen molar-refractivity contribution < 1.29 is 24.1 Å². The summed E-state index contributed by atoms with van der Waals surface area (Å²) in [5.74, 6) is 0.218. The second kappa shape index (κ2) is 14.5. The molecule has 0 saturated carbocycles. The molecule has 2 fully saturated rings. The van der Waals surface area contributed by atoms with Gasteiger partial charge in [0.25, 0.3) is 5.91 Å². The summed E-state index contributed by atoms with van der Waals surface area (Å²) >= 11 is 2.50. The molecular formula is C34H42FN5O5S2. The smallest absolute Gasteiger partial charge is 0.305 e. The van der Waals surface area contributed by atoms with E-state index in [0.29, 0.717) is 77.7 Å². The Morgan fingerprint density at radius 3 is 2.77 bits per heavy atom. The van der Waals surface area contributed by atoms with E-state index in [0.717, 1.165) is 48.7 Å². The highest BCUT2D eigenvalue weighted by Crippen LogP contribution is 2.33. The molecule has 2 saturated heterocycles. The van der Waals surface area contributed by atoms with Crippen molar-refractivity contribution in [2.24, 2.45) is 5.92 Å². The number of aliphatic hydroxyl groups excluding tert-OH is 1. The maximum atomic E-state index is 15.6. The van der Waals surface area contributed by atoms with E-state index in [4.69, 9.17) is 4.74 Å². The van der Waals surface area contributed by atoms with Crippen LogP contribution in [0.4, 0.5) is 4.39 Å². The maximum absolute atomic E-state index is 15.6. The standard InChI is InChI=1S/C34H42FN5O5S2/c1-21(2)16-28-37-25(19-46-28)32(43)40-14-15-45-34(20-40)9-12-39(13-10-34)18-23-5-3-4-22(29(23)35)8-11-36-17-27(42)24-6-7-26(41)30-31(24)47-33(44)38-30/h3-7,19,21,27,36,41-42H,8-18,20H2,1-2H3,(H,38,44). The van der Waals surface area contributed by atoms with E-state index in [9.17, 15) is 19.8 Å². The van der Waals surface area contributed by atoms with Crippen molar-refractivity contribution in [3.63, 3.8) is 0 Å². The molecule has 6 rings (SSSR count). The first-order chi connectivity index (χ1) is 22.6. The fourth-order valence-corrected chi connectivity index (χ4v) is 8.42. The first kappa shape index (κ1) is 33.7. The Hall–Kier alpha value is -3.20. The molecule has 13 heteroatoms. The molecule has 4 aromatic rings. The molecule has 2 aromatic heterocycles. The number of H-pyrrole nitrogens is 1. The average molecular weight is 684 g/mol. The third-order valence-corrected chi connectivity index (χ3v) is 10.9. The Morgan fingerprint density at radius 1 is 1.19 bits per heavy atom. The number of halogens is 1. The van der Waals surface area contributed by atoms with Gasteiger partial charge < -0.3 is 30.2 Å². The lowest BCUT2D eigenvalue weighted by Gasteiger charge is -2.47. The highest BCUT2D eigenvalue weighted by atomic mass is 32.1. The first-order valence-corrected chi connectivity index (χ1v) is 17.9. The largest absolute Gasteiger partial charge is 0.506 e. The van der Waals surface area contributed by atoms with Gasteiger partial charge in [-0.1, -0.05) is 49.4 Å². The molecule has 1 amide bonds. The van der Waals surface area contributed by atoms with Crippen molar-refractivity contribution in [1.82, 2.24) is 25.1 Å². The molecule has 0 bridgehead atoms. The van der Waals surface area contributed by atoms with Gasteiger partial charge in [-0.05, 0) is 43.4 Å². The van der Waals surface area contributed by atoms with E-state index in [-0.39, 0.29) is 34.5 Å². The summed E-state index contributed by atoms with van der Waals surface area (Å²) in [7, 11) is 0. The van der Waals surface area contributed by atoms with Crippen LogP contribution in [0.25, 0.3) is 10.2 Å². The quantitative estimate of drug-likeness (QED) is 0.171. The molecule has 252 valence electrons. The number of aliphatic hydroxyl groups is 1. The molecular weight excluding hydrogens is 642 g/mol. The van der Waals surface area contributed by atoms with Crippen molar-refractivity contribution in [2.45, 2.75) is 57.8 Å². The van der Waals surface area contributed by atoms with Crippen LogP contribution >= 0.6 is 22.7 Å². The number of hydrogen-bond acceptors (Lipinski definition) is 10. The number of benzene rings is 2. The molecule has 10 nitrogen and oxygen atoms in total. The minimum atomic E-state index is -0.892. The van der Waals surface area contributed by atoms with Crippen molar-refractivity contribution in [2.75, 3.05) is 45.9 Å². The Kier molecular flexibility index (Phi) is 10.4. The number of aromatic hydroxyl groups is 1. The molecule has 47 heavy (non-hydrogen) atoms. The third-order valence-electron chi connectivity index (χ3n) is 9.07. The SMILES string of the molecule is CC(C)Cc1nc(C(=O)N2CCOC3(CCN(Cc4cccc(CCNCC(O)c5ccc(O)c6[nH]c(=O)sc56)c4F)CC3)C2)cs1. The molecule has 1 unspecified atom stereocenters. The second-order valence-electron chi connectivity index (χ2n) is 13.0. The monoisotopic (exact) mass is 683 g/mol. The summed E-state index contributed by atoms with van der Waals surface area (Å²) in [5, 5.41) is 26.8. The lowest BCUT2D eigenvalue weighted by atomic mass is 9.89. The topological polar surface area (TPSA) is 131 Å². The molecule has 4 N–H and O–H groups in total. The highest BCUT2D eigenvalue weighted by Gasteiger charge is 2.41. The summed E-state index contributed by atoms with van der Waals surface area (Å²) in [6.07, 6.45) is 1.97. The van der Waals surface area contributed by atoms with Crippen LogP contribution in [-0.2, 0) is 24.1 Å². The number of hydrogen-bond donors (Lipinski definition) is 4. The zero-order chi connectivity index (χ0) is 33.1. The number of likely N-dealkylation sites (tertiary alicyclic amines) is 1. The molecule has 4 heterocycles. The van der Waals surface area contributed by atoms with Gasteiger partial charge in [0.2, 0.25) is 0 Å². The minimum absolute atomic E-state index is 0.0269. The summed E-state index contributed by atoms with van der Waals surface area (Å²) in [6, 6.07) is 8.57. The van der Waals surface area contributed by atoms with Gasteiger partial charge in [-0.15, -0.1) is 11.3 Å². The number of amides is 1. The van der Waals surface area contributed by atoms with Crippen molar-refractivity contribution >= 4 is 38.8 Å². The molecule has 1 atom stereocenters. The number of nitrogens with zero attached hydrogens (tertiary/aromatic N) is 3. The fourth-order valence-electron chi connectivity index (χ4n) is 6.52. The van der Waals surface area contributed by atoms with Crippen LogP contribution in [0.2, 0.25) is 0 Å². The van der Waals surface area contributed by atoms with Gasteiger partial charge in [0.15, 0.2) is 0 Å². The van der Waals surface area contributed by atoms with Crippen molar-refractivity contribution in [3.05, 3.63) is 78.6 Å². The molecule has 0 aliphatic carbocycles. The third kappa shape index (κ3) is 7.76. The predicted octanol–water partition coefficient (Wildman–Crippen LogP) is 4.46. The summed E-state index contributed by atoms with van der Waals surface area (Å²) < 4.78 is 22.4. The number of carbonyl (C=O) groups is 1. The van der Waals surface area contributed by atoms with E-state index in [1.54, 1.807) is 23.5 Å². The number of carbonyl (C=O) groups excluding carboxylic acids is 1. The minimum Gasteiger partial charge on any atom is -0.506 e. The van der Waals surface area contributed by atoms with Crippen molar-refractivity contribution in [3.8, 4) is 5.75 Å². The molecule has 2 aromatic carbocycles. The first-order valence-electron chi connectivity index (χ1n) is 16.2. The number of thiazole rings is 2. The molecule has 2 aliphatic heterocycles. The van der Waals surface area contributed by atoms with Crippen LogP contribution in [0.1, 0.15) is 65.0 Å². The van der Waals surface area contributed by atoms with E-state index < -0.39 is 6.10 Å². The molecule has 2 aliphatic rings. The summed E-state index contributed by atoms with van der Waals surface area (Å²) in [4.78, 5) is 36.1. The number of phenolic OH excluding ortho intramolecular Hbond substituents is 1. The summed E-state index contributed by atoms with van der Waals surface area (Å²) in [5.41, 5.74) is 2.27. The van der Waals surface area contributed by atoms with Gasteiger partial charge >= 0.3 is 4.87 Å². The Balaban J connectivity index is 0.987. The van der Waals surface area contributed by atoms with Gasteiger partial charge in [-0.3, -0.25) is 14.5 Å². The normalized spacial score (nSPS) is 17.6. The number of aromatic amines is 1. The fraction of sp³-hybridized carbons (Fsp3) is 0.500. The Bertz CT molecular complexity index is 1760. The number of piperidine rings is 1. The lowest BCUT2D eigenvalue weighted by molar-refractivity contribution is -0.128. The predicted molar refractivity (Wildman–Crippen MR) is 182 cm³/mol. The van der Waals surface area contributed by atoms with Gasteiger partial charge in [0.05, 0.1) is 34.6 Å². The highest BCUT2D eigenvalue weighted by molar-refractivity contribution is 7.16. The van der Waals surface area contributed by atoms with Gasteiger partial charge in [0, 0.05) is 55.7 Å². The number of aromatic nitrogens is 2. The van der Waals surface area contributed by atoms with Gasteiger partial charge in [0.1, 0.15) is 22.8 Å². The number of nitrogens with one attached hydrogen (secondary N) is 2. The van der Waals surface area contributed by atoms with Crippen LogP contribution in [0.15, 0.2) is 40.5 Å². The van der Waals surface area contributed by atoms with Crippen molar-refractivity contribution in [1.29, 1.82) is 0 Å². The zero-order valence-corrected chi connectivity index (χ0v) is 28.4. The van der Waals surface area contributed by atoms with Crippen LogP contribution in [0.5, 0.6) is 5.75 Å². The van der Waals surface area contributed by atoms with E-state index in [2.05, 4.69) is 34.0 Å².